The summed E-state index contributed by atoms with van der Waals surface area (Å²) in [6.45, 7) is 1.87. The number of carboxylic acid groups (broad SMARTS) is 1. The lowest BCUT2D eigenvalue weighted by Crippen LogP contribution is -2.13. The number of carbonyl (C=O) groups is 1. The Labute approximate surface area is 112 Å². The summed E-state index contributed by atoms with van der Waals surface area (Å²) in [4.78, 5) is 10.5. The molecule has 0 saturated heterocycles. The number of aliphatic carboxylic acids is 1. The van der Waals surface area contributed by atoms with E-state index in [1.807, 2.05) is 26.1 Å². The molecule has 0 atom stereocenters. The predicted molar refractivity (Wildman–Crippen MR) is 74.3 cm³/mol. The molecule has 1 aromatic carbocycles. The fourth-order valence-electron chi connectivity index (χ4n) is 1.73. The smallest absolute Gasteiger partial charge is 0.322 e. The highest BCUT2D eigenvalue weighted by atomic mass is 127. The van der Waals surface area contributed by atoms with Crippen molar-refractivity contribution in [1.29, 1.82) is 0 Å². The number of anilines is 1. The van der Waals surface area contributed by atoms with Gasteiger partial charge in [-0.15, -0.1) is 0 Å². The Balaban J connectivity index is 2.47. The molecule has 2 aromatic rings. The van der Waals surface area contributed by atoms with Gasteiger partial charge in [0.15, 0.2) is 0 Å². The van der Waals surface area contributed by atoms with Crippen molar-refractivity contribution in [2.24, 2.45) is 7.05 Å². The van der Waals surface area contributed by atoms with Crippen molar-refractivity contribution in [3.05, 3.63) is 21.4 Å². The van der Waals surface area contributed by atoms with Crippen LogP contribution in [0.15, 0.2) is 12.1 Å². The zero-order chi connectivity index (χ0) is 12.6. The second-order valence-corrected chi connectivity index (χ2v) is 4.87. The fraction of sp³-hybridized carbons (Fsp3) is 0.273. The van der Waals surface area contributed by atoms with Gasteiger partial charge >= 0.3 is 5.97 Å². The molecule has 5 nitrogen and oxygen atoms in total. The van der Waals surface area contributed by atoms with E-state index in [2.05, 4.69) is 33.0 Å². The Hall–Kier alpha value is -1.31. The van der Waals surface area contributed by atoms with Crippen LogP contribution >= 0.6 is 22.6 Å². The number of benzene rings is 1. The number of halogens is 1. The van der Waals surface area contributed by atoms with Crippen molar-refractivity contribution in [2.75, 3.05) is 11.9 Å². The summed E-state index contributed by atoms with van der Waals surface area (Å²) >= 11 is 2.19. The normalized spacial score (nSPS) is 10.8. The molecule has 90 valence electrons. The molecule has 17 heavy (non-hydrogen) atoms. The third-order valence-electron chi connectivity index (χ3n) is 2.58. The van der Waals surface area contributed by atoms with Gasteiger partial charge in [-0.3, -0.25) is 9.48 Å². The lowest BCUT2D eigenvalue weighted by Gasteiger charge is -2.08. The first-order valence-electron chi connectivity index (χ1n) is 5.07. The molecule has 0 spiro atoms. The molecule has 1 aromatic heterocycles. The van der Waals surface area contributed by atoms with E-state index < -0.39 is 5.97 Å². The standard InChI is InChI=1S/C11H12IN3O2/c1-6-3-7-9(15(2)14-11(7)12)4-8(6)13-5-10(16)17/h3-4,13H,5H2,1-2H3,(H,16,17). The molecule has 6 heteroatoms. The summed E-state index contributed by atoms with van der Waals surface area (Å²) in [5.74, 6) is -0.871. The van der Waals surface area contributed by atoms with Crippen LogP contribution < -0.4 is 5.32 Å². The Morgan fingerprint density at radius 2 is 2.29 bits per heavy atom. The SMILES string of the molecule is Cc1cc2c(I)nn(C)c2cc1NCC(=O)O. The van der Waals surface area contributed by atoms with Crippen LogP contribution in [0.2, 0.25) is 0 Å². The van der Waals surface area contributed by atoms with E-state index in [0.717, 1.165) is 25.9 Å². The maximum absolute atomic E-state index is 10.5. The highest BCUT2D eigenvalue weighted by Gasteiger charge is 2.09. The molecule has 0 fully saturated rings. The second-order valence-electron chi connectivity index (χ2n) is 3.85. The lowest BCUT2D eigenvalue weighted by atomic mass is 10.1. The monoisotopic (exact) mass is 345 g/mol. The van der Waals surface area contributed by atoms with Gasteiger partial charge in [0.1, 0.15) is 10.2 Å². The summed E-state index contributed by atoms with van der Waals surface area (Å²) in [6, 6.07) is 3.96. The van der Waals surface area contributed by atoms with Crippen LogP contribution in [0, 0.1) is 10.6 Å². The summed E-state index contributed by atoms with van der Waals surface area (Å²) in [5.41, 5.74) is 2.84. The van der Waals surface area contributed by atoms with Crippen molar-refractivity contribution >= 4 is 45.2 Å². The maximum Gasteiger partial charge on any atom is 0.322 e. The molecule has 2 rings (SSSR count). The minimum atomic E-state index is -0.871. The highest BCUT2D eigenvalue weighted by molar-refractivity contribution is 14.1. The number of hydrogen-bond donors (Lipinski definition) is 2. The first-order valence-corrected chi connectivity index (χ1v) is 6.15. The number of nitrogens with zero attached hydrogens (tertiary/aromatic N) is 2. The van der Waals surface area contributed by atoms with E-state index in [0.29, 0.717) is 0 Å². The quantitative estimate of drug-likeness (QED) is 0.835. The molecule has 0 aliphatic heterocycles. The number of fused-ring (bicyclic) bond motifs is 1. The van der Waals surface area contributed by atoms with Crippen LogP contribution in [0.5, 0.6) is 0 Å². The molecule has 0 aliphatic carbocycles. The van der Waals surface area contributed by atoms with Crippen LogP contribution in [-0.4, -0.2) is 27.4 Å². The molecule has 1 heterocycles. The van der Waals surface area contributed by atoms with E-state index in [1.165, 1.54) is 0 Å². The molecule has 0 aliphatic rings. The van der Waals surface area contributed by atoms with Gasteiger partial charge in [0.2, 0.25) is 0 Å². The van der Waals surface area contributed by atoms with Gasteiger partial charge in [0.05, 0.1) is 5.52 Å². The van der Waals surface area contributed by atoms with Crippen LogP contribution in [0.3, 0.4) is 0 Å². The topological polar surface area (TPSA) is 67.2 Å². The first kappa shape index (κ1) is 12.2. The predicted octanol–water partition coefficient (Wildman–Crippen LogP) is 1.98. The van der Waals surface area contributed by atoms with Gasteiger partial charge < -0.3 is 10.4 Å². The molecular formula is C11H12IN3O2. The molecule has 0 radical (unpaired) electrons. The Morgan fingerprint density at radius 3 is 2.94 bits per heavy atom. The molecule has 0 saturated carbocycles. The molecule has 0 bridgehead atoms. The number of aryl methyl sites for hydroxylation is 2. The van der Waals surface area contributed by atoms with E-state index in [1.54, 1.807) is 4.68 Å². The Bertz CT molecular complexity index is 592. The van der Waals surface area contributed by atoms with Gasteiger partial charge in [-0.05, 0) is 47.2 Å². The molecule has 0 unspecified atom stereocenters. The Morgan fingerprint density at radius 1 is 1.59 bits per heavy atom. The highest BCUT2D eigenvalue weighted by Crippen LogP contribution is 2.26. The summed E-state index contributed by atoms with van der Waals surface area (Å²) in [7, 11) is 1.88. The van der Waals surface area contributed by atoms with Crippen LogP contribution in [0.1, 0.15) is 5.56 Å². The minimum Gasteiger partial charge on any atom is -0.480 e. The first-order chi connectivity index (χ1) is 7.99. The van der Waals surface area contributed by atoms with Gasteiger partial charge in [0, 0.05) is 18.1 Å². The van der Waals surface area contributed by atoms with E-state index in [-0.39, 0.29) is 6.54 Å². The fourth-order valence-corrected chi connectivity index (χ4v) is 2.49. The van der Waals surface area contributed by atoms with Crippen molar-refractivity contribution in [1.82, 2.24) is 9.78 Å². The third kappa shape index (κ3) is 2.36. The van der Waals surface area contributed by atoms with Crippen molar-refractivity contribution in [3.8, 4) is 0 Å². The largest absolute Gasteiger partial charge is 0.480 e. The van der Waals surface area contributed by atoms with E-state index in [9.17, 15) is 4.79 Å². The van der Waals surface area contributed by atoms with E-state index in [4.69, 9.17) is 5.11 Å². The number of nitrogens with one attached hydrogen (secondary N) is 1. The molecule has 0 amide bonds. The van der Waals surface area contributed by atoms with Crippen LogP contribution in [0.25, 0.3) is 10.9 Å². The number of rotatable bonds is 3. The molecule has 2 N–H and O–H groups in total. The zero-order valence-corrected chi connectivity index (χ0v) is 11.6. The van der Waals surface area contributed by atoms with Crippen LogP contribution in [-0.2, 0) is 11.8 Å². The minimum absolute atomic E-state index is 0.0821. The average Bonchev–Trinajstić information content (AvgIpc) is 2.51. The Kier molecular flexibility index (Phi) is 3.23. The average molecular weight is 345 g/mol. The van der Waals surface area contributed by atoms with Crippen molar-refractivity contribution in [3.63, 3.8) is 0 Å². The van der Waals surface area contributed by atoms with Crippen molar-refractivity contribution < 1.29 is 9.90 Å². The van der Waals surface area contributed by atoms with Gasteiger partial charge in [-0.2, -0.15) is 5.10 Å². The number of aromatic nitrogens is 2. The van der Waals surface area contributed by atoms with E-state index >= 15 is 0 Å². The van der Waals surface area contributed by atoms with Gasteiger partial charge in [0.25, 0.3) is 0 Å². The summed E-state index contributed by atoms with van der Waals surface area (Å²) in [6.07, 6.45) is 0. The number of hydrogen-bond acceptors (Lipinski definition) is 3. The second kappa shape index (κ2) is 4.52. The maximum atomic E-state index is 10.5. The van der Waals surface area contributed by atoms with Crippen molar-refractivity contribution in [2.45, 2.75) is 6.92 Å². The summed E-state index contributed by atoms with van der Waals surface area (Å²) in [5, 5.41) is 17.0. The summed E-state index contributed by atoms with van der Waals surface area (Å²) < 4.78 is 2.75. The zero-order valence-electron chi connectivity index (χ0n) is 9.49. The van der Waals surface area contributed by atoms with Gasteiger partial charge in [-0.25, -0.2) is 0 Å². The molecular weight excluding hydrogens is 333 g/mol. The van der Waals surface area contributed by atoms with Gasteiger partial charge in [-0.1, -0.05) is 0 Å². The van der Waals surface area contributed by atoms with Crippen LogP contribution in [0.4, 0.5) is 5.69 Å². The third-order valence-corrected chi connectivity index (χ3v) is 3.38. The number of carboxylic acids is 1. The lowest BCUT2D eigenvalue weighted by molar-refractivity contribution is -0.134.